The molecule has 1 aromatic heterocycles. The molecule has 0 atom stereocenters. The molecule has 0 spiro atoms. The number of H-pyrrole nitrogens is 1. The third-order valence-corrected chi connectivity index (χ3v) is 3.76. The van der Waals surface area contributed by atoms with Crippen molar-refractivity contribution in [3.05, 3.63) is 46.6 Å². The van der Waals surface area contributed by atoms with Gasteiger partial charge in [-0.1, -0.05) is 41.9 Å². The minimum Gasteiger partial charge on any atom is -0.376 e. The summed E-state index contributed by atoms with van der Waals surface area (Å²) in [4.78, 5) is 12.3. The summed E-state index contributed by atoms with van der Waals surface area (Å²) in [5, 5.41) is 9.85. The Morgan fingerprint density at radius 2 is 2.05 bits per heavy atom. The van der Waals surface area contributed by atoms with Crippen LogP contribution >= 0.6 is 11.6 Å². The molecule has 2 rings (SSSR count). The van der Waals surface area contributed by atoms with Gasteiger partial charge in [0.25, 0.3) is 0 Å². The summed E-state index contributed by atoms with van der Waals surface area (Å²) in [6.45, 7) is 6.20. The number of amides is 1. The first-order valence-electron chi connectivity index (χ1n) is 7.04. The van der Waals surface area contributed by atoms with Crippen LogP contribution in [0.2, 0.25) is 5.02 Å². The molecule has 0 saturated carbocycles. The highest BCUT2D eigenvalue weighted by molar-refractivity contribution is 6.34. The van der Waals surface area contributed by atoms with E-state index < -0.39 is 5.41 Å². The van der Waals surface area contributed by atoms with Gasteiger partial charge in [-0.05, 0) is 26.3 Å². The largest absolute Gasteiger partial charge is 0.376 e. The van der Waals surface area contributed by atoms with Crippen LogP contribution in [0.5, 0.6) is 0 Å². The van der Waals surface area contributed by atoms with Crippen LogP contribution in [0.15, 0.2) is 30.3 Å². The van der Waals surface area contributed by atoms with Gasteiger partial charge in [-0.3, -0.25) is 9.89 Å². The highest BCUT2D eigenvalue weighted by atomic mass is 35.5. The number of carbonyl (C=O) groups is 1. The number of aryl methyl sites for hydroxylation is 1. The second-order valence-electron chi connectivity index (χ2n) is 5.83. The van der Waals surface area contributed by atoms with Crippen LogP contribution in [0.3, 0.4) is 0 Å². The number of hydrogen-bond donors (Lipinski definition) is 2. The quantitative estimate of drug-likeness (QED) is 0.855. The average Bonchev–Trinajstić information content (AvgIpc) is 2.80. The lowest BCUT2D eigenvalue weighted by Gasteiger charge is -2.23. The van der Waals surface area contributed by atoms with Gasteiger partial charge in [-0.2, -0.15) is 5.10 Å². The molecule has 5 nitrogen and oxygen atoms in total. The fraction of sp³-hybridized carbons (Fsp3) is 0.375. The van der Waals surface area contributed by atoms with Crippen molar-refractivity contribution in [2.75, 3.05) is 11.9 Å². The molecule has 0 bridgehead atoms. The molecule has 0 aliphatic rings. The fourth-order valence-corrected chi connectivity index (χ4v) is 1.97. The van der Waals surface area contributed by atoms with E-state index in [1.807, 2.05) is 44.2 Å². The first-order valence-corrected chi connectivity index (χ1v) is 7.41. The van der Waals surface area contributed by atoms with Gasteiger partial charge in [0, 0.05) is 0 Å². The standard InChI is InChI=1S/C16H20ClN3O2/c1-11-13(17)14(20-19-11)18-15(21)16(2,3)10-22-9-12-7-5-4-6-8-12/h4-8H,9-10H2,1-3H3,(H2,18,19,20,21). The number of nitrogens with zero attached hydrogens (tertiary/aromatic N) is 1. The zero-order chi connectivity index (χ0) is 16.2. The second-order valence-corrected chi connectivity index (χ2v) is 6.21. The summed E-state index contributed by atoms with van der Waals surface area (Å²) >= 11 is 6.05. The van der Waals surface area contributed by atoms with E-state index in [1.165, 1.54) is 0 Å². The number of nitrogens with one attached hydrogen (secondary N) is 2. The van der Waals surface area contributed by atoms with Gasteiger partial charge in [-0.25, -0.2) is 0 Å². The summed E-state index contributed by atoms with van der Waals surface area (Å²) in [7, 11) is 0. The van der Waals surface area contributed by atoms with Crippen molar-refractivity contribution < 1.29 is 9.53 Å². The zero-order valence-corrected chi connectivity index (χ0v) is 13.7. The average molecular weight is 322 g/mol. The van der Waals surface area contributed by atoms with Crippen molar-refractivity contribution in [2.24, 2.45) is 5.41 Å². The maximum absolute atomic E-state index is 12.3. The lowest BCUT2D eigenvalue weighted by molar-refractivity contribution is -0.127. The number of rotatable bonds is 6. The van der Waals surface area contributed by atoms with Crippen molar-refractivity contribution in [2.45, 2.75) is 27.4 Å². The number of halogens is 1. The molecular formula is C16H20ClN3O2. The van der Waals surface area contributed by atoms with Crippen LogP contribution in [-0.4, -0.2) is 22.7 Å². The summed E-state index contributed by atoms with van der Waals surface area (Å²) < 4.78 is 5.66. The Labute approximate surface area is 135 Å². The molecule has 0 fully saturated rings. The molecule has 1 heterocycles. The molecule has 1 amide bonds. The lowest BCUT2D eigenvalue weighted by Crippen LogP contribution is -2.35. The van der Waals surface area contributed by atoms with E-state index in [-0.39, 0.29) is 5.91 Å². The maximum atomic E-state index is 12.3. The number of aromatic nitrogens is 2. The molecule has 118 valence electrons. The molecule has 1 aromatic carbocycles. The highest BCUT2D eigenvalue weighted by Crippen LogP contribution is 2.25. The Morgan fingerprint density at radius 1 is 1.36 bits per heavy atom. The van der Waals surface area contributed by atoms with E-state index in [4.69, 9.17) is 16.3 Å². The third kappa shape index (κ3) is 4.08. The monoisotopic (exact) mass is 321 g/mol. The van der Waals surface area contributed by atoms with Gasteiger partial charge in [0.2, 0.25) is 5.91 Å². The van der Waals surface area contributed by atoms with Gasteiger partial charge < -0.3 is 10.1 Å². The predicted octanol–water partition coefficient (Wildman–Crippen LogP) is 3.55. The summed E-state index contributed by atoms with van der Waals surface area (Å²) in [6.07, 6.45) is 0. The first kappa shape index (κ1) is 16.5. The molecule has 22 heavy (non-hydrogen) atoms. The normalized spacial score (nSPS) is 11.5. The molecule has 0 saturated heterocycles. The predicted molar refractivity (Wildman–Crippen MR) is 86.8 cm³/mol. The van der Waals surface area contributed by atoms with Crippen LogP contribution in [0.25, 0.3) is 0 Å². The van der Waals surface area contributed by atoms with E-state index in [1.54, 1.807) is 6.92 Å². The third-order valence-electron chi connectivity index (χ3n) is 3.29. The maximum Gasteiger partial charge on any atom is 0.233 e. The van der Waals surface area contributed by atoms with Crippen LogP contribution in [0, 0.1) is 12.3 Å². The van der Waals surface area contributed by atoms with Gasteiger partial charge in [0.15, 0.2) is 5.82 Å². The SMILES string of the molecule is Cc1[nH]nc(NC(=O)C(C)(C)COCc2ccccc2)c1Cl. The minimum absolute atomic E-state index is 0.186. The Hall–Kier alpha value is -1.85. The summed E-state index contributed by atoms with van der Waals surface area (Å²) in [5.74, 6) is 0.161. The van der Waals surface area contributed by atoms with Crippen molar-refractivity contribution >= 4 is 23.3 Å². The van der Waals surface area contributed by atoms with Crippen molar-refractivity contribution in [3.8, 4) is 0 Å². The number of carbonyl (C=O) groups excluding carboxylic acids is 1. The first-order chi connectivity index (χ1) is 10.4. The molecule has 2 N–H and O–H groups in total. The van der Waals surface area contributed by atoms with E-state index in [0.29, 0.717) is 24.1 Å². The lowest BCUT2D eigenvalue weighted by atomic mass is 9.93. The molecule has 6 heteroatoms. The Balaban J connectivity index is 1.89. The summed E-state index contributed by atoms with van der Waals surface area (Å²) in [6, 6.07) is 9.84. The van der Waals surface area contributed by atoms with Gasteiger partial charge in [0.1, 0.15) is 5.02 Å². The summed E-state index contributed by atoms with van der Waals surface area (Å²) in [5.41, 5.74) is 1.10. The second kappa shape index (κ2) is 6.94. The van der Waals surface area contributed by atoms with Crippen LogP contribution in [0.4, 0.5) is 5.82 Å². The number of hydrogen-bond acceptors (Lipinski definition) is 3. The topological polar surface area (TPSA) is 67.0 Å². The van der Waals surface area contributed by atoms with Crippen LogP contribution in [-0.2, 0) is 16.1 Å². The van der Waals surface area contributed by atoms with Gasteiger partial charge >= 0.3 is 0 Å². The number of aromatic amines is 1. The molecule has 0 aliphatic heterocycles. The molecule has 0 unspecified atom stereocenters. The van der Waals surface area contributed by atoms with E-state index in [0.717, 1.165) is 11.3 Å². The Kier molecular flexibility index (Phi) is 5.21. The van der Waals surface area contributed by atoms with Crippen molar-refractivity contribution in [3.63, 3.8) is 0 Å². The Morgan fingerprint density at radius 3 is 2.64 bits per heavy atom. The van der Waals surface area contributed by atoms with E-state index in [9.17, 15) is 4.79 Å². The highest BCUT2D eigenvalue weighted by Gasteiger charge is 2.29. The molecule has 0 radical (unpaired) electrons. The van der Waals surface area contributed by atoms with Crippen molar-refractivity contribution in [1.82, 2.24) is 10.2 Å². The van der Waals surface area contributed by atoms with Crippen molar-refractivity contribution in [1.29, 1.82) is 0 Å². The van der Waals surface area contributed by atoms with E-state index in [2.05, 4.69) is 15.5 Å². The minimum atomic E-state index is -0.690. The Bertz CT molecular complexity index is 638. The molecular weight excluding hydrogens is 302 g/mol. The fourth-order valence-electron chi connectivity index (χ4n) is 1.84. The van der Waals surface area contributed by atoms with Gasteiger partial charge in [-0.15, -0.1) is 0 Å². The molecule has 2 aromatic rings. The smallest absolute Gasteiger partial charge is 0.233 e. The van der Waals surface area contributed by atoms with E-state index >= 15 is 0 Å². The number of ether oxygens (including phenoxy) is 1. The van der Waals surface area contributed by atoms with Crippen LogP contribution in [0.1, 0.15) is 25.1 Å². The number of anilines is 1. The van der Waals surface area contributed by atoms with Gasteiger partial charge in [0.05, 0.1) is 24.3 Å². The molecule has 0 aliphatic carbocycles. The van der Waals surface area contributed by atoms with Crippen LogP contribution < -0.4 is 5.32 Å². The zero-order valence-electron chi connectivity index (χ0n) is 12.9. The number of benzene rings is 1.